The Hall–Kier alpha value is -3.47. The molecule has 156 valence electrons. The highest BCUT2D eigenvalue weighted by Gasteiger charge is 2.09. The van der Waals surface area contributed by atoms with E-state index < -0.39 is 0 Å². The van der Waals surface area contributed by atoms with Gasteiger partial charge in [-0.15, -0.1) is 0 Å². The van der Waals surface area contributed by atoms with Gasteiger partial charge in [-0.25, -0.2) is 0 Å². The number of carbonyl (C=O) groups excluding carboxylic acids is 1. The van der Waals surface area contributed by atoms with E-state index in [1.165, 1.54) is 5.56 Å². The van der Waals surface area contributed by atoms with Crippen molar-refractivity contribution in [2.75, 3.05) is 24.4 Å². The Morgan fingerprint density at radius 1 is 0.900 bits per heavy atom. The second-order valence-electron chi connectivity index (χ2n) is 7.10. The van der Waals surface area contributed by atoms with Crippen LogP contribution in [0.25, 0.3) is 0 Å². The number of methoxy groups -OCH3 is 1. The Morgan fingerprint density at radius 2 is 1.67 bits per heavy atom. The Balaban J connectivity index is 1.56. The van der Waals surface area contributed by atoms with E-state index >= 15 is 0 Å². The average molecular weight is 405 g/mol. The van der Waals surface area contributed by atoms with Crippen molar-refractivity contribution in [2.24, 2.45) is 0 Å². The van der Waals surface area contributed by atoms with Crippen molar-refractivity contribution in [1.29, 1.82) is 0 Å². The fourth-order valence-corrected chi connectivity index (χ4v) is 3.07. The summed E-state index contributed by atoms with van der Waals surface area (Å²) in [4.78, 5) is 12.2. The Bertz CT molecular complexity index is 984. The van der Waals surface area contributed by atoms with Gasteiger partial charge in [0, 0.05) is 17.9 Å². The number of benzene rings is 3. The third-order valence-electron chi connectivity index (χ3n) is 4.75. The molecule has 0 aliphatic rings. The predicted molar refractivity (Wildman–Crippen MR) is 121 cm³/mol. The van der Waals surface area contributed by atoms with Gasteiger partial charge in [-0.1, -0.05) is 37.3 Å². The summed E-state index contributed by atoms with van der Waals surface area (Å²) in [6, 6.07) is 21.8. The van der Waals surface area contributed by atoms with Gasteiger partial charge in [0.2, 0.25) is 0 Å². The van der Waals surface area contributed by atoms with Gasteiger partial charge < -0.3 is 20.1 Å². The highest BCUT2D eigenvalue weighted by Crippen LogP contribution is 2.28. The Labute approximate surface area is 178 Å². The van der Waals surface area contributed by atoms with E-state index in [1.54, 1.807) is 7.11 Å². The molecule has 0 aliphatic carbocycles. The number of carbonyl (C=O) groups is 1. The second-order valence-corrected chi connectivity index (χ2v) is 7.10. The van der Waals surface area contributed by atoms with Gasteiger partial charge in [0.15, 0.2) is 18.1 Å². The maximum absolute atomic E-state index is 12.2. The lowest BCUT2D eigenvalue weighted by molar-refractivity contribution is -0.118. The van der Waals surface area contributed by atoms with E-state index in [4.69, 9.17) is 9.47 Å². The number of rotatable bonds is 9. The van der Waals surface area contributed by atoms with Crippen LogP contribution in [0.4, 0.5) is 11.4 Å². The SMILES string of the molecule is CCc1ccc(NCc2ccc(OCC(=O)Nc3cccc(C)c3)c(OC)c2)cc1. The van der Waals surface area contributed by atoms with Crippen molar-refractivity contribution in [3.8, 4) is 11.5 Å². The van der Waals surface area contributed by atoms with Gasteiger partial charge in [-0.3, -0.25) is 4.79 Å². The molecule has 0 aliphatic heterocycles. The van der Waals surface area contributed by atoms with E-state index in [2.05, 4.69) is 41.8 Å². The highest BCUT2D eigenvalue weighted by molar-refractivity contribution is 5.91. The first-order valence-electron chi connectivity index (χ1n) is 10.1. The van der Waals surface area contributed by atoms with E-state index in [9.17, 15) is 4.79 Å². The zero-order valence-electron chi connectivity index (χ0n) is 17.7. The van der Waals surface area contributed by atoms with Crippen molar-refractivity contribution in [3.05, 3.63) is 83.4 Å². The lowest BCUT2D eigenvalue weighted by atomic mass is 10.1. The molecule has 0 heterocycles. The van der Waals surface area contributed by atoms with E-state index in [0.717, 1.165) is 28.9 Å². The Kier molecular flexibility index (Phi) is 7.33. The van der Waals surface area contributed by atoms with Crippen LogP contribution in [0.15, 0.2) is 66.7 Å². The van der Waals surface area contributed by atoms with Crippen LogP contribution in [-0.4, -0.2) is 19.6 Å². The Morgan fingerprint density at radius 3 is 2.37 bits per heavy atom. The standard InChI is InChI=1S/C25H28N2O3/c1-4-19-8-11-21(12-9-19)26-16-20-10-13-23(24(15-20)29-3)30-17-25(28)27-22-7-5-6-18(2)14-22/h5-15,26H,4,16-17H2,1-3H3,(H,27,28). The smallest absolute Gasteiger partial charge is 0.262 e. The molecule has 30 heavy (non-hydrogen) atoms. The average Bonchev–Trinajstić information content (AvgIpc) is 2.77. The monoisotopic (exact) mass is 404 g/mol. The lowest BCUT2D eigenvalue weighted by Crippen LogP contribution is -2.20. The van der Waals surface area contributed by atoms with Gasteiger partial charge in [0.05, 0.1) is 7.11 Å². The molecule has 3 rings (SSSR count). The van der Waals surface area contributed by atoms with E-state index in [-0.39, 0.29) is 12.5 Å². The number of aryl methyl sites for hydroxylation is 2. The first kappa shape index (κ1) is 21.2. The maximum atomic E-state index is 12.2. The third-order valence-corrected chi connectivity index (χ3v) is 4.75. The molecule has 1 amide bonds. The van der Waals surface area contributed by atoms with Crippen LogP contribution in [0.5, 0.6) is 11.5 Å². The molecule has 0 fully saturated rings. The molecule has 0 atom stereocenters. The summed E-state index contributed by atoms with van der Waals surface area (Å²) < 4.78 is 11.1. The third kappa shape index (κ3) is 6.01. The zero-order valence-corrected chi connectivity index (χ0v) is 17.7. The molecule has 0 radical (unpaired) electrons. The summed E-state index contributed by atoms with van der Waals surface area (Å²) in [5.41, 5.74) is 5.28. The lowest BCUT2D eigenvalue weighted by Gasteiger charge is -2.13. The van der Waals surface area contributed by atoms with Crippen LogP contribution in [0, 0.1) is 6.92 Å². The fraction of sp³-hybridized carbons (Fsp3) is 0.240. The maximum Gasteiger partial charge on any atom is 0.262 e. The molecule has 0 spiro atoms. The number of nitrogens with one attached hydrogen (secondary N) is 2. The molecule has 2 N–H and O–H groups in total. The van der Waals surface area contributed by atoms with Gasteiger partial charge in [0.1, 0.15) is 0 Å². The van der Waals surface area contributed by atoms with Crippen LogP contribution in [0.3, 0.4) is 0 Å². The number of amides is 1. The predicted octanol–water partition coefficient (Wildman–Crippen LogP) is 5.20. The van der Waals surface area contributed by atoms with Crippen molar-refractivity contribution < 1.29 is 14.3 Å². The molecular weight excluding hydrogens is 376 g/mol. The van der Waals surface area contributed by atoms with Crippen LogP contribution >= 0.6 is 0 Å². The minimum absolute atomic E-state index is 0.0916. The normalized spacial score (nSPS) is 10.4. The molecule has 0 bridgehead atoms. The fourth-order valence-electron chi connectivity index (χ4n) is 3.07. The summed E-state index contributed by atoms with van der Waals surface area (Å²) in [5.74, 6) is 0.913. The summed E-state index contributed by atoms with van der Waals surface area (Å²) in [7, 11) is 1.59. The summed E-state index contributed by atoms with van der Waals surface area (Å²) in [5, 5.41) is 6.24. The van der Waals surface area contributed by atoms with Crippen LogP contribution < -0.4 is 20.1 Å². The molecular formula is C25H28N2O3. The van der Waals surface area contributed by atoms with Gasteiger partial charge in [-0.05, 0) is 66.4 Å². The second kappa shape index (κ2) is 10.3. The topological polar surface area (TPSA) is 59.6 Å². The molecule has 3 aromatic rings. The van der Waals surface area contributed by atoms with Crippen molar-refractivity contribution in [3.63, 3.8) is 0 Å². The minimum Gasteiger partial charge on any atom is -0.493 e. The number of anilines is 2. The molecule has 0 aromatic heterocycles. The first-order chi connectivity index (χ1) is 14.6. The largest absolute Gasteiger partial charge is 0.493 e. The summed E-state index contributed by atoms with van der Waals surface area (Å²) in [6.07, 6.45) is 1.03. The van der Waals surface area contributed by atoms with Gasteiger partial charge in [-0.2, -0.15) is 0 Å². The molecule has 0 saturated carbocycles. The van der Waals surface area contributed by atoms with Crippen molar-refractivity contribution in [1.82, 2.24) is 0 Å². The molecule has 3 aromatic carbocycles. The van der Waals surface area contributed by atoms with Crippen molar-refractivity contribution >= 4 is 17.3 Å². The van der Waals surface area contributed by atoms with Crippen LogP contribution in [0.2, 0.25) is 0 Å². The molecule has 0 saturated heterocycles. The summed E-state index contributed by atoms with van der Waals surface area (Å²) in [6.45, 7) is 4.69. The number of hydrogen-bond acceptors (Lipinski definition) is 4. The first-order valence-corrected chi connectivity index (χ1v) is 10.1. The van der Waals surface area contributed by atoms with Gasteiger partial charge in [0.25, 0.3) is 5.91 Å². The molecule has 5 heteroatoms. The van der Waals surface area contributed by atoms with Gasteiger partial charge >= 0.3 is 0 Å². The number of hydrogen-bond donors (Lipinski definition) is 2. The molecule has 0 unspecified atom stereocenters. The van der Waals surface area contributed by atoms with E-state index in [0.29, 0.717) is 18.0 Å². The van der Waals surface area contributed by atoms with Crippen LogP contribution in [0.1, 0.15) is 23.6 Å². The molecule has 5 nitrogen and oxygen atoms in total. The quantitative estimate of drug-likeness (QED) is 0.515. The minimum atomic E-state index is -0.219. The van der Waals surface area contributed by atoms with Crippen LogP contribution in [-0.2, 0) is 17.8 Å². The summed E-state index contributed by atoms with van der Waals surface area (Å²) >= 11 is 0. The van der Waals surface area contributed by atoms with E-state index in [1.807, 2.05) is 49.4 Å². The van der Waals surface area contributed by atoms with Crippen molar-refractivity contribution in [2.45, 2.75) is 26.8 Å². The number of ether oxygens (including phenoxy) is 2. The zero-order chi connectivity index (χ0) is 21.3. The highest BCUT2D eigenvalue weighted by atomic mass is 16.5.